The summed E-state index contributed by atoms with van der Waals surface area (Å²) in [5.41, 5.74) is 1.22. The van der Waals surface area contributed by atoms with E-state index in [1.165, 1.54) is 11.3 Å². The van der Waals surface area contributed by atoms with Gasteiger partial charge in [0.05, 0.1) is 34.4 Å². The number of nitrogens with zero attached hydrogens (tertiary/aromatic N) is 2. The van der Waals surface area contributed by atoms with E-state index in [-0.39, 0.29) is 17.8 Å². The first kappa shape index (κ1) is 21.7. The van der Waals surface area contributed by atoms with Crippen molar-refractivity contribution in [1.82, 2.24) is 4.57 Å². The highest BCUT2D eigenvalue weighted by molar-refractivity contribution is 7.16. The van der Waals surface area contributed by atoms with E-state index in [1.54, 1.807) is 56.5 Å². The number of fused-ring (bicyclic) bond motifs is 2. The molecule has 0 radical (unpaired) electrons. The maximum atomic E-state index is 12.9. The number of carbonyl (C=O) groups is 2. The third kappa shape index (κ3) is 4.25. The molecule has 1 amide bonds. The molecule has 0 fully saturated rings. The normalized spacial score (nSPS) is 11.9. The molecule has 0 N–H and O–H groups in total. The van der Waals surface area contributed by atoms with E-state index in [4.69, 9.17) is 13.9 Å². The van der Waals surface area contributed by atoms with Crippen molar-refractivity contribution in [3.05, 3.63) is 74.9 Å². The maximum Gasteiger partial charge on any atom is 0.338 e. The van der Waals surface area contributed by atoms with Crippen LogP contribution >= 0.6 is 11.3 Å². The van der Waals surface area contributed by atoms with Crippen molar-refractivity contribution in [3.8, 4) is 0 Å². The van der Waals surface area contributed by atoms with Gasteiger partial charge in [0.2, 0.25) is 0 Å². The lowest BCUT2D eigenvalue weighted by atomic mass is 10.2. The zero-order valence-corrected chi connectivity index (χ0v) is 18.3. The highest BCUT2D eigenvalue weighted by Crippen LogP contribution is 2.20. The molecule has 0 bridgehead atoms. The SMILES string of the molecule is CCOC(=O)c1ccc2c(c1)sc(=NC(=O)c1cc(=O)c3ccccc3o1)n2CCOC. The Kier molecular flexibility index (Phi) is 6.29. The highest BCUT2D eigenvalue weighted by atomic mass is 32.1. The van der Waals surface area contributed by atoms with Gasteiger partial charge in [0.1, 0.15) is 5.58 Å². The van der Waals surface area contributed by atoms with Crippen LogP contribution in [0.25, 0.3) is 21.2 Å². The fraction of sp³-hybridized carbons (Fsp3) is 0.217. The van der Waals surface area contributed by atoms with Gasteiger partial charge in [-0.3, -0.25) is 9.59 Å². The fourth-order valence-electron chi connectivity index (χ4n) is 3.25. The van der Waals surface area contributed by atoms with Gasteiger partial charge in [-0.25, -0.2) is 4.79 Å². The van der Waals surface area contributed by atoms with Gasteiger partial charge in [-0.1, -0.05) is 23.5 Å². The van der Waals surface area contributed by atoms with Crippen LogP contribution < -0.4 is 10.2 Å². The van der Waals surface area contributed by atoms with Crippen LogP contribution in [0.2, 0.25) is 0 Å². The predicted molar refractivity (Wildman–Crippen MR) is 120 cm³/mol. The molecule has 0 unspecified atom stereocenters. The van der Waals surface area contributed by atoms with Crippen LogP contribution in [0.15, 0.2) is 62.7 Å². The van der Waals surface area contributed by atoms with E-state index in [1.807, 2.05) is 4.57 Å². The number of ether oxygens (including phenoxy) is 2. The van der Waals surface area contributed by atoms with Crippen LogP contribution in [0.5, 0.6) is 0 Å². The summed E-state index contributed by atoms with van der Waals surface area (Å²) < 4.78 is 18.5. The highest BCUT2D eigenvalue weighted by Gasteiger charge is 2.15. The van der Waals surface area contributed by atoms with Crippen LogP contribution in [0.1, 0.15) is 27.8 Å². The predicted octanol–water partition coefficient (Wildman–Crippen LogP) is 3.37. The minimum Gasteiger partial charge on any atom is -0.462 e. The zero-order valence-electron chi connectivity index (χ0n) is 17.5. The average molecular weight is 452 g/mol. The van der Waals surface area contributed by atoms with Crippen LogP contribution in [-0.4, -0.2) is 36.8 Å². The molecule has 2 aromatic carbocycles. The number of aromatic nitrogens is 1. The van der Waals surface area contributed by atoms with Crippen LogP contribution in [-0.2, 0) is 16.0 Å². The summed E-state index contributed by atoms with van der Waals surface area (Å²) in [6, 6.07) is 13.0. The maximum absolute atomic E-state index is 12.9. The fourth-order valence-corrected chi connectivity index (χ4v) is 4.34. The van der Waals surface area contributed by atoms with Gasteiger partial charge in [-0.2, -0.15) is 4.99 Å². The Morgan fingerprint density at radius 1 is 1.16 bits per heavy atom. The van der Waals surface area contributed by atoms with Crippen molar-refractivity contribution in [2.45, 2.75) is 13.5 Å². The van der Waals surface area contributed by atoms with E-state index in [9.17, 15) is 14.4 Å². The number of para-hydroxylation sites is 1. The molecule has 164 valence electrons. The molecule has 0 saturated heterocycles. The Balaban J connectivity index is 1.81. The van der Waals surface area contributed by atoms with E-state index in [0.717, 1.165) is 16.3 Å². The molecule has 4 rings (SSSR count). The third-order valence-electron chi connectivity index (χ3n) is 4.76. The molecular formula is C23H20N2O6S. The molecule has 0 spiro atoms. The van der Waals surface area contributed by atoms with Crippen molar-refractivity contribution in [2.75, 3.05) is 20.3 Å². The van der Waals surface area contributed by atoms with Gasteiger partial charge in [0, 0.05) is 19.7 Å². The summed E-state index contributed by atoms with van der Waals surface area (Å²) in [6.45, 7) is 2.87. The molecule has 0 atom stereocenters. The molecule has 0 saturated carbocycles. The van der Waals surface area contributed by atoms with Gasteiger partial charge in [-0.05, 0) is 37.3 Å². The molecule has 0 aliphatic carbocycles. The zero-order chi connectivity index (χ0) is 22.7. The first-order valence-electron chi connectivity index (χ1n) is 9.93. The van der Waals surface area contributed by atoms with Gasteiger partial charge < -0.3 is 18.5 Å². The number of thiazole rings is 1. The number of hydrogen-bond donors (Lipinski definition) is 0. The molecule has 0 aliphatic rings. The quantitative estimate of drug-likeness (QED) is 0.416. The second kappa shape index (κ2) is 9.29. The Labute approximate surface area is 186 Å². The van der Waals surface area contributed by atoms with Crippen LogP contribution in [0.3, 0.4) is 0 Å². The summed E-state index contributed by atoms with van der Waals surface area (Å²) >= 11 is 1.25. The van der Waals surface area contributed by atoms with Crippen LogP contribution in [0, 0.1) is 0 Å². The minimum atomic E-state index is -0.670. The van der Waals surface area contributed by atoms with E-state index < -0.39 is 11.9 Å². The Morgan fingerprint density at radius 3 is 2.75 bits per heavy atom. The first-order valence-corrected chi connectivity index (χ1v) is 10.7. The van der Waals surface area contributed by atoms with E-state index >= 15 is 0 Å². The van der Waals surface area contributed by atoms with Gasteiger partial charge >= 0.3 is 11.9 Å². The lowest BCUT2D eigenvalue weighted by Crippen LogP contribution is -2.19. The molecule has 32 heavy (non-hydrogen) atoms. The topological polar surface area (TPSA) is 100 Å². The summed E-state index contributed by atoms with van der Waals surface area (Å²) in [5, 5.41) is 0.396. The Bertz CT molecular complexity index is 1450. The number of amides is 1. The number of benzene rings is 2. The van der Waals surface area contributed by atoms with Crippen molar-refractivity contribution in [3.63, 3.8) is 0 Å². The number of rotatable bonds is 6. The third-order valence-corrected chi connectivity index (χ3v) is 5.80. The van der Waals surface area contributed by atoms with Gasteiger partial charge in [-0.15, -0.1) is 0 Å². The number of hydrogen-bond acceptors (Lipinski definition) is 7. The van der Waals surface area contributed by atoms with Crippen molar-refractivity contribution in [2.24, 2.45) is 4.99 Å². The number of esters is 1. The Morgan fingerprint density at radius 2 is 1.97 bits per heavy atom. The van der Waals surface area contributed by atoms with E-state index in [2.05, 4.69) is 4.99 Å². The Hall–Kier alpha value is -3.56. The smallest absolute Gasteiger partial charge is 0.338 e. The molecular weight excluding hydrogens is 432 g/mol. The van der Waals surface area contributed by atoms with E-state index in [0.29, 0.717) is 34.5 Å². The number of methoxy groups -OCH3 is 1. The van der Waals surface area contributed by atoms with Gasteiger partial charge in [0.25, 0.3) is 0 Å². The molecule has 4 aromatic rings. The second-order valence-electron chi connectivity index (χ2n) is 6.82. The summed E-state index contributed by atoms with van der Waals surface area (Å²) in [7, 11) is 1.58. The molecule has 0 aliphatic heterocycles. The van der Waals surface area contributed by atoms with Gasteiger partial charge in [0.15, 0.2) is 16.0 Å². The standard InChI is InChI=1S/C23H20N2O6S/c1-3-30-22(28)14-8-9-16-20(12-14)32-23(25(16)10-11-29-2)24-21(27)19-13-17(26)15-6-4-5-7-18(15)31-19/h4-9,12-13H,3,10-11H2,1-2H3. The monoisotopic (exact) mass is 452 g/mol. The summed E-state index contributed by atoms with van der Waals surface area (Å²) in [6.07, 6.45) is 0. The van der Waals surface area contributed by atoms with Crippen LogP contribution in [0.4, 0.5) is 0 Å². The first-order chi connectivity index (χ1) is 15.5. The average Bonchev–Trinajstić information content (AvgIpc) is 3.13. The minimum absolute atomic E-state index is 0.142. The lowest BCUT2D eigenvalue weighted by molar-refractivity contribution is 0.0526. The van der Waals surface area contributed by atoms with Crippen molar-refractivity contribution < 1.29 is 23.5 Å². The second-order valence-corrected chi connectivity index (χ2v) is 7.83. The summed E-state index contributed by atoms with van der Waals surface area (Å²) in [4.78, 5) is 41.9. The van der Waals surface area contributed by atoms with Crippen molar-refractivity contribution >= 4 is 44.4 Å². The largest absolute Gasteiger partial charge is 0.462 e. The number of carbonyl (C=O) groups excluding carboxylic acids is 2. The molecule has 2 aromatic heterocycles. The molecule has 2 heterocycles. The van der Waals surface area contributed by atoms with Crippen molar-refractivity contribution in [1.29, 1.82) is 0 Å². The molecule has 9 heteroatoms. The lowest BCUT2D eigenvalue weighted by Gasteiger charge is -2.05. The summed E-state index contributed by atoms with van der Waals surface area (Å²) in [5.74, 6) is -1.23. The molecule has 8 nitrogen and oxygen atoms in total.